The van der Waals surface area contributed by atoms with Crippen LogP contribution in [0, 0.1) is 0 Å². The largest absolute Gasteiger partial charge is 0.492 e. The van der Waals surface area contributed by atoms with E-state index in [-0.39, 0.29) is 18.5 Å². The quantitative estimate of drug-likeness (QED) is 0.156. The summed E-state index contributed by atoms with van der Waals surface area (Å²) < 4.78 is 7.96. The topological polar surface area (TPSA) is 42.2 Å². The van der Waals surface area contributed by atoms with Gasteiger partial charge in [-0.15, -0.1) is 0 Å². The van der Waals surface area contributed by atoms with Crippen molar-refractivity contribution in [3.8, 4) is 5.75 Å². The molecule has 0 saturated heterocycles. The zero-order valence-electron chi connectivity index (χ0n) is 21.9. The minimum Gasteiger partial charge on any atom is -0.492 e. The first-order valence-electron chi connectivity index (χ1n) is 13.8. The zero-order valence-corrected chi connectivity index (χ0v) is 22.7. The first kappa shape index (κ1) is 29.2. The molecule has 2 rings (SSSR count). The predicted molar refractivity (Wildman–Crippen MR) is 146 cm³/mol. The van der Waals surface area contributed by atoms with Crippen LogP contribution in [0.5, 0.6) is 5.75 Å². The molecular weight excluding hydrogens is 456 g/mol. The van der Waals surface area contributed by atoms with Crippen LogP contribution >= 0.6 is 11.6 Å². The molecule has 0 spiro atoms. The third-order valence-corrected chi connectivity index (χ3v) is 6.89. The number of hydrogen-bond acceptors (Lipinski definition) is 2. The molecule has 1 aromatic carbocycles. The van der Waals surface area contributed by atoms with Gasteiger partial charge in [-0.05, 0) is 18.1 Å². The molecule has 5 heteroatoms. The van der Waals surface area contributed by atoms with Crippen molar-refractivity contribution >= 4 is 17.5 Å². The Balaban J connectivity index is 1.63. The van der Waals surface area contributed by atoms with Gasteiger partial charge in [0.1, 0.15) is 5.75 Å². The van der Waals surface area contributed by atoms with Crippen molar-refractivity contribution in [1.82, 2.24) is 5.32 Å². The van der Waals surface area contributed by atoms with Crippen molar-refractivity contribution in [3.63, 3.8) is 0 Å². The molecule has 1 heterocycles. The van der Waals surface area contributed by atoms with E-state index in [1.807, 2.05) is 53.4 Å². The van der Waals surface area contributed by atoms with Gasteiger partial charge in [0.05, 0.1) is 18.1 Å². The van der Waals surface area contributed by atoms with E-state index in [9.17, 15) is 4.79 Å². The minimum absolute atomic E-state index is 0.0480. The minimum atomic E-state index is -0.0762. The lowest BCUT2D eigenvalue weighted by molar-refractivity contribution is -0.727. The van der Waals surface area contributed by atoms with Crippen LogP contribution in [0.3, 0.4) is 0 Å². The zero-order chi connectivity index (χ0) is 25.1. The summed E-state index contributed by atoms with van der Waals surface area (Å²) in [6.45, 7) is 4.99. The first-order chi connectivity index (χ1) is 17.2. The molecule has 0 radical (unpaired) electrons. The van der Waals surface area contributed by atoms with Gasteiger partial charge in [-0.2, -0.15) is 4.57 Å². The third kappa shape index (κ3) is 11.9. The molecule has 1 N–H and O–H groups in total. The summed E-state index contributed by atoms with van der Waals surface area (Å²) in [5.74, 6) is 0.623. The van der Waals surface area contributed by atoms with Gasteiger partial charge in [0, 0.05) is 18.6 Å². The Morgan fingerprint density at radius 1 is 0.857 bits per heavy atom. The van der Waals surface area contributed by atoms with Crippen molar-refractivity contribution in [3.05, 3.63) is 59.4 Å². The molecule has 194 valence electrons. The number of ether oxygens (including phenoxy) is 1. The number of rotatable bonds is 19. The smallest absolute Gasteiger partial charge is 0.233 e. The Morgan fingerprint density at radius 3 is 2.06 bits per heavy atom. The standard InChI is InChI=1S/C30H45ClN2O2/c1-3-5-6-7-8-9-10-11-12-13-14-18-24-35-27-21-19-20-26(30(27)31)25-29(34)32-28(4-2)33-22-16-15-17-23-33/h15-17,19-23,28H,3-14,18,24-25H2,1-2H3/p+1. The summed E-state index contributed by atoms with van der Waals surface area (Å²) in [4.78, 5) is 12.7. The van der Waals surface area contributed by atoms with Crippen LogP contribution in [-0.2, 0) is 11.2 Å². The Kier molecular flexibility index (Phi) is 15.2. The number of carbonyl (C=O) groups excluding carboxylic acids is 1. The molecule has 1 unspecified atom stereocenters. The predicted octanol–water partition coefficient (Wildman–Crippen LogP) is 7.97. The van der Waals surface area contributed by atoms with E-state index >= 15 is 0 Å². The number of benzene rings is 1. The van der Waals surface area contributed by atoms with Gasteiger partial charge in [-0.25, -0.2) is 0 Å². The van der Waals surface area contributed by atoms with E-state index in [4.69, 9.17) is 16.3 Å². The number of carbonyl (C=O) groups is 1. The SMILES string of the molecule is CCCCCCCCCCCCCCOc1cccc(CC(=O)NC(CC)[n+]2ccccc2)c1Cl. The molecule has 0 bridgehead atoms. The van der Waals surface area contributed by atoms with Gasteiger partial charge >= 0.3 is 0 Å². The molecule has 1 aromatic heterocycles. The van der Waals surface area contributed by atoms with Crippen LogP contribution < -0.4 is 14.6 Å². The van der Waals surface area contributed by atoms with Crippen LogP contribution in [0.1, 0.15) is 109 Å². The average Bonchev–Trinajstić information content (AvgIpc) is 2.88. The molecule has 1 atom stereocenters. The van der Waals surface area contributed by atoms with Crippen molar-refractivity contribution < 1.29 is 14.1 Å². The van der Waals surface area contributed by atoms with Gasteiger partial charge in [0.15, 0.2) is 12.4 Å². The van der Waals surface area contributed by atoms with E-state index in [1.165, 1.54) is 70.6 Å². The molecule has 1 amide bonds. The molecule has 0 aliphatic heterocycles. The van der Waals surface area contributed by atoms with Crippen molar-refractivity contribution in [2.24, 2.45) is 0 Å². The molecule has 0 fully saturated rings. The number of halogens is 1. The maximum Gasteiger partial charge on any atom is 0.233 e. The highest BCUT2D eigenvalue weighted by Gasteiger charge is 2.19. The fraction of sp³-hybridized carbons (Fsp3) is 0.600. The van der Waals surface area contributed by atoms with Crippen molar-refractivity contribution in [2.75, 3.05) is 6.61 Å². The fourth-order valence-corrected chi connectivity index (χ4v) is 4.59. The lowest BCUT2D eigenvalue weighted by Crippen LogP contribution is -2.49. The van der Waals surface area contributed by atoms with Crippen molar-refractivity contribution in [2.45, 2.75) is 110 Å². The number of aromatic nitrogens is 1. The van der Waals surface area contributed by atoms with E-state index < -0.39 is 0 Å². The van der Waals surface area contributed by atoms with Gasteiger partial charge in [-0.3, -0.25) is 10.1 Å². The lowest BCUT2D eigenvalue weighted by atomic mass is 10.1. The van der Waals surface area contributed by atoms with Gasteiger partial charge in [-0.1, -0.05) is 114 Å². The summed E-state index contributed by atoms with van der Waals surface area (Å²) in [7, 11) is 0. The summed E-state index contributed by atoms with van der Waals surface area (Å²) >= 11 is 6.58. The number of nitrogens with zero attached hydrogens (tertiary/aromatic N) is 1. The summed E-state index contributed by atoms with van der Waals surface area (Å²) in [6.07, 6.45) is 20.8. The normalized spacial score (nSPS) is 11.9. The maximum absolute atomic E-state index is 12.7. The molecule has 2 aromatic rings. The number of pyridine rings is 1. The van der Waals surface area contributed by atoms with E-state index in [2.05, 4.69) is 19.2 Å². The van der Waals surface area contributed by atoms with E-state index in [0.717, 1.165) is 18.4 Å². The monoisotopic (exact) mass is 501 g/mol. The van der Waals surface area contributed by atoms with Crippen LogP contribution in [0.2, 0.25) is 5.02 Å². The van der Waals surface area contributed by atoms with Crippen LogP contribution in [0.4, 0.5) is 0 Å². The Morgan fingerprint density at radius 2 is 1.46 bits per heavy atom. The second kappa shape index (κ2) is 18.2. The van der Waals surface area contributed by atoms with Crippen molar-refractivity contribution in [1.29, 1.82) is 0 Å². The van der Waals surface area contributed by atoms with E-state index in [1.54, 1.807) is 0 Å². The Bertz CT molecular complexity index is 828. The Labute approximate surface area is 218 Å². The van der Waals surface area contributed by atoms with Crippen LogP contribution in [0.25, 0.3) is 0 Å². The average molecular weight is 502 g/mol. The van der Waals surface area contributed by atoms with Gasteiger partial charge in [0.2, 0.25) is 12.1 Å². The lowest BCUT2D eigenvalue weighted by Gasteiger charge is -2.14. The highest BCUT2D eigenvalue weighted by atomic mass is 35.5. The second-order valence-corrected chi connectivity index (χ2v) is 9.84. The second-order valence-electron chi connectivity index (χ2n) is 9.46. The fourth-order valence-electron chi connectivity index (χ4n) is 4.35. The molecular formula is C30H46ClN2O2+. The van der Waals surface area contributed by atoms with E-state index in [0.29, 0.717) is 17.4 Å². The summed E-state index contributed by atoms with van der Waals surface area (Å²) in [5, 5.41) is 3.64. The summed E-state index contributed by atoms with van der Waals surface area (Å²) in [6, 6.07) is 11.6. The molecule has 4 nitrogen and oxygen atoms in total. The van der Waals surface area contributed by atoms with Gasteiger partial charge < -0.3 is 4.74 Å². The highest BCUT2D eigenvalue weighted by molar-refractivity contribution is 6.33. The first-order valence-corrected chi connectivity index (χ1v) is 14.2. The van der Waals surface area contributed by atoms with Crippen LogP contribution in [-0.4, -0.2) is 12.5 Å². The van der Waals surface area contributed by atoms with Crippen LogP contribution in [0.15, 0.2) is 48.8 Å². The molecule has 0 aliphatic carbocycles. The number of nitrogens with one attached hydrogen (secondary N) is 1. The number of amides is 1. The number of unbranched alkanes of at least 4 members (excludes halogenated alkanes) is 11. The molecule has 0 saturated carbocycles. The van der Waals surface area contributed by atoms with Gasteiger partial charge in [0.25, 0.3) is 0 Å². The molecule has 0 aliphatic rings. The summed E-state index contributed by atoms with van der Waals surface area (Å²) in [5.41, 5.74) is 0.796. The Hall–Kier alpha value is -2.07. The third-order valence-electron chi connectivity index (χ3n) is 6.46. The maximum atomic E-state index is 12.7. The molecule has 35 heavy (non-hydrogen) atoms. The number of hydrogen-bond donors (Lipinski definition) is 1. The highest BCUT2D eigenvalue weighted by Crippen LogP contribution is 2.29.